The number of aliphatic hydroxyl groups is 1. The summed E-state index contributed by atoms with van der Waals surface area (Å²) in [5, 5.41) is 10.4. The first-order valence-corrected chi connectivity index (χ1v) is 10.6. The average Bonchev–Trinajstić information content (AvgIpc) is 2.92. The highest BCUT2D eigenvalue weighted by Crippen LogP contribution is 2.42. The van der Waals surface area contributed by atoms with Crippen LogP contribution in [-0.2, 0) is 19.4 Å². The van der Waals surface area contributed by atoms with Gasteiger partial charge in [-0.1, -0.05) is 42.5 Å². The average molecular weight is 399 g/mol. The summed E-state index contributed by atoms with van der Waals surface area (Å²) in [5.74, 6) is -1.60. The number of hydrogen-bond donors (Lipinski definition) is 1. The van der Waals surface area contributed by atoms with Gasteiger partial charge in [0.15, 0.2) is 21.4 Å². The molecule has 1 aliphatic rings. The molecule has 2 aromatic carbocycles. The third-order valence-electron chi connectivity index (χ3n) is 4.95. The summed E-state index contributed by atoms with van der Waals surface area (Å²) in [6, 6.07) is 14.1. The summed E-state index contributed by atoms with van der Waals surface area (Å²) in [4.78, 5) is 26.6. The first-order chi connectivity index (χ1) is 13.1. The van der Waals surface area contributed by atoms with E-state index in [4.69, 9.17) is 0 Å². The quantitative estimate of drug-likeness (QED) is 0.834. The highest BCUT2D eigenvalue weighted by Gasteiger charge is 2.44. The maximum atomic E-state index is 12.8. The van der Waals surface area contributed by atoms with Crippen LogP contribution in [0.1, 0.15) is 37.1 Å². The normalized spacial score (nSPS) is 18.5. The van der Waals surface area contributed by atoms with E-state index in [9.17, 15) is 23.1 Å². The number of Topliss-reactive ketones (excluding diaryl/α,β-unsaturated/α-hetero) is 1. The molecule has 146 valence electrons. The molecule has 28 heavy (non-hydrogen) atoms. The summed E-state index contributed by atoms with van der Waals surface area (Å²) in [5.41, 5.74) is 1.42. The number of rotatable bonds is 5. The Labute approximate surface area is 164 Å². The van der Waals surface area contributed by atoms with E-state index in [1.807, 2.05) is 37.3 Å². The molecule has 1 amide bonds. The number of amides is 1. The van der Waals surface area contributed by atoms with Gasteiger partial charge < -0.3 is 10.0 Å². The molecule has 0 bridgehead atoms. The molecule has 6 nitrogen and oxygen atoms in total. The fourth-order valence-corrected chi connectivity index (χ4v) is 4.13. The van der Waals surface area contributed by atoms with Gasteiger partial charge in [0, 0.05) is 6.26 Å². The first kappa shape index (κ1) is 19.8. The van der Waals surface area contributed by atoms with E-state index in [2.05, 4.69) is 0 Å². The minimum absolute atomic E-state index is 0.0138. The van der Waals surface area contributed by atoms with Crippen molar-refractivity contribution < 1.29 is 23.1 Å². The molecule has 0 saturated heterocycles. The molecule has 0 aliphatic carbocycles. The molecule has 2 atom stereocenters. The Morgan fingerprint density at radius 3 is 2.14 bits per heavy atom. The van der Waals surface area contributed by atoms with Crippen LogP contribution in [0.5, 0.6) is 0 Å². The van der Waals surface area contributed by atoms with Crippen LogP contribution in [0.25, 0.3) is 0 Å². The fraction of sp³-hybridized carbons (Fsp3) is 0.238. The Morgan fingerprint density at radius 1 is 1.07 bits per heavy atom. The van der Waals surface area contributed by atoms with Gasteiger partial charge in [-0.2, -0.15) is 0 Å². The Kier molecular flexibility index (Phi) is 5.12. The van der Waals surface area contributed by atoms with Gasteiger partial charge >= 0.3 is 0 Å². The van der Waals surface area contributed by atoms with E-state index in [-0.39, 0.29) is 10.5 Å². The van der Waals surface area contributed by atoms with Crippen molar-refractivity contribution in [3.63, 3.8) is 0 Å². The Balaban J connectivity index is 2.11. The van der Waals surface area contributed by atoms with Gasteiger partial charge in [0.2, 0.25) is 0 Å². The second-order valence-electron chi connectivity index (χ2n) is 6.86. The summed E-state index contributed by atoms with van der Waals surface area (Å²) in [6.45, 7) is 3.12. The number of hydrogen-bond acceptors (Lipinski definition) is 5. The molecule has 0 radical (unpaired) electrons. The molecule has 0 fully saturated rings. The molecule has 1 N–H and O–H groups in total. The lowest BCUT2D eigenvalue weighted by molar-refractivity contribution is -0.131. The summed E-state index contributed by atoms with van der Waals surface area (Å²) < 4.78 is 23.5. The molecule has 2 aromatic rings. The number of ketones is 1. The smallest absolute Gasteiger partial charge is 0.290 e. The van der Waals surface area contributed by atoms with Crippen molar-refractivity contribution in [2.24, 2.45) is 0 Å². The second kappa shape index (κ2) is 7.24. The third-order valence-corrected chi connectivity index (χ3v) is 6.07. The summed E-state index contributed by atoms with van der Waals surface area (Å²) in [6.07, 6.45) is 1.11. The van der Waals surface area contributed by atoms with Gasteiger partial charge in [-0.15, -0.1) is 0 Å². The van der Waals surface area contributed by atoms with Crippen LogP contribution >= 0.6 is 0 Å². The van der Waals surface area contributed by atoms with Crippen LogP contribution in [0, 0.1) is 0 Å². The van der Waals surface area contributed by atoms with Crippen molar-refractivity contribution in [3.8, 4) is 0 Å². The van der Waals surface area contributed by atoms with E-state index >= 15 is 0 Å². The van der Waals surface area contributed by atoms with E-state index < -0.39 is 39.4 Å². The lowest BCUT2D eigenvalue weighted by Crippen LogP contribution is -2.33. The molecular weight excluding hydrogens is 378 g/mol. The summed E-state index contributed by atoms with van der Waals surface area (Å²) >= 11 is 0. The largest absolute Gasteiger partial charge is 0.503 e. The molecule has 3 rings (SSSR count). The Bertz CT molecular complexity index is 1060. The number of aliphatic hydroxyl groups excluding tert-OH is 1. The number of benzene rings is 2. The standard InChI is InChI=1S/C21H21NO5S/c1-13(15-7-5-4-6-8-15)22-19(18(14(2)23)20(24)21(22)25)16-9-11-17(12-10-16)28(3,26)27/h4-13,19,24H,1-3H3. The highest BCUT2D eigenvalue weighted by atomic mass is 32.2. The van der Waals surface area contributed by atoms with Crippen molar-refractivity contribution >= 4 is 21.5 Å². The number of sulfone groups is 1. The van der Waals surface area contributed by atoms with Crippen molar-refractivity contribution in [1.82, 2.24) is 4.90 Å². The van der Waals surface area contributed by atoms with Gasteiger partial charge in [-0.25, -0.2) is 8.42 Å². The lowest BCUT2D eigenvalue weighted by atomic mass is 9.95. The fourth-order valence-electron chi connectivity index (χ4n) is 3.50. The molecule has 1 heterocycles. The van der Waals surface area contributed by atoms with Crippen molar-refractivity contribution in [2.45, 2.75) is 30.8 Å². The van der Waals surface area contributed by atoms with Crippen LogP contribution in [0.3, 0.4) is 0 Å². The predicted octanol–water partition coefficient (Wildman–Crippen LogP) is 3.14. The number of carbonyl (C=O) groups excluding carboxylic acids is 2. The molecule has 2 unspecified atom stereocenters. The minimum Gasteiger partial charge on any atom is -0.503 e. The van der Waals surface area contributed by atoms with Gasteiger partial charge in [-0.05, 0) is 37.1 Å². The van der Waals surface area contributed by atoms with Gasteiger partial charge in [0.05, 0.1) is 22.6 Å². The van der Waals surface area contributed by atoms with E-state index in [1.165, 1.54) is 24.0 Å². The molecule has 0 spiro atoms. The SMILES string of the molecule is CC(=O)C1=C(O)C(=O)N(C(C)c2ccccc2)C1c1ccc(S(C)(=O)=O)cc1. The second-order valence-corrected chi connectivity index (χ2v) is 8.88. The third kappa shape index (κ3) is 3.45. The van der Waals surface area contributed by atoms with Gasteiger partial charge in [-0.3, -0.25) is 9.59 Å². The Hall–Kier alpha value is -2.93. The molecule has 0 saturated carbocycles. The van der Waals surface area contributed by atoms with Crippen LogP contribution in [-0.4, -0.2) is 36.4 Å². The van der Waals surface area contributed by atoms with Gasteiger partial charge in [0.25, 0.3) is 5.91 Å². The van der Waals surface area contributed by atoms with Crippen molar-refractivity contribution in [2.75, 3.05) is 6.26 Å². The van der Waals surface area contributed by atoms with Crippen molar-refractivity contribution in [1.29, 1.82) is 0 Å². The number of carbonyl (C=O) groups is 2. The minimum atomic E-state index is -3.38. The lowest BCUT2D eigenvalue weighted by Gasteiger charge is -2.32. The summed E-state index contributed by atoms with van der Waals surface area (Å²) in [7, 11) is -3.38. The number of nitrogens with zero attached hydrogens (tertiary/aromatic N) is 1. The van der Waals surface area contributed by atoms with Crippen LogP contribution in [0.4, 0.5) is 0 Å². The maximum Gasteiger partial charge on any atom is 0.290 e. The van der Waals surface area contributed by atoms with Crippen LogP contribution < -0.4 is 0 Å². The zero-order chi connectivity index (χ0) is 20.6. The zero-order valence-electron chi connectivity index (χ0n) is 15.8. The van der Waals surface area contributed by atoms with Gasteiger partial charge in [0.1, 0.15) is 0 Å². The molecule has 0 aromatic heterocycles. The van der Waals surface area contributed by atoms with Crippen molar-refractivity contribution in [3.05, 3.63) is 77.1 Å². The van der Waals surface area contributed by atoms with Crippen LogP contribution in [0.15, 0.2) is 70.8 Å². The maximum absolute atomic E-state index is 12.8. The molecule has 7 heteroatoms. The topological polar surface area (TPSA) is 91.8 Å². The van der Waals surface area contributed by atoms with Crippen LogP contribution in [0.2, 0.25) is 0 Å². The highest BCUT2D eigenvalue weighted by molar-refractivity contribution is 7.90. The molecule has 1 aliphatic heterocycles. The predicted molar refractivity (Wildman–Crippen MR) is 104 cm³/mol. The Morgan fingerprint density at radius 2 is 1.64 bits per heavy atom. The van der Waals surface area contributed by atoms with E-state index in [0.29, 0.717) is 5.56 Å². The molecular formula is C21H21NO5S. The van der Waals surface area contributed by atoms with E-state index in [1.54, 1.807) is 12.1 Å². The van der Waals surface area contributed by atoms with E-state index in [0.717, 1.165) is 11.8 Å². The monoisotopic (exact) mass is 399 g/mol. The zero-order valence-corrected chi connectivity index (χ0v) is 16.6. The first-order valence-electron chi connectivity index (χ1n) is 8.74.